The molecule has 0 bridgehead atoms. The van der Waals surface area contributed by atoms with Gasteiger partial charge >= 0.3 is 0 Å². The van der Waals surface area contributed by atoms with Gasteiger partial charge < -0.3 is 13.7 Å². The Bertz CT molecular complexity index is 4340. The molecule has 1 aliphatic rings. The fourth-order valence-electron chi connectivity index (χ4n) is 11.5. The molecular formula is C67H44N8. The van der Waals surface area contributed by atoms with Gasteiger partial charge in [-0.05, 0) is 144 Å². The van der Waals surface area contributed by atoms with Crippen LogP contribution in [-0.4, -0.2) is 38.6 Å². The number of pyridine rings is 2. The Morgan fingerprint density at radius 2 is 0.720 bits per heavy atom. The normalized spacial score (nSPS) is 13.7. The predicted octanol–water partition coefficient (Wildman–Crippen LogP) is 16.2. The lowest BCUT2D eigenvalue weighted by molar-refractivity contribution is 0.763. The number of fused-ring (bicyclic) bond motifs is 9. The zero-order valence-electron chi connectivity index (χ0n) is 40.5. The molecule has 6 heterocycles. The molecule has 75 heavy (non-hydrogen) atoms. The standard InChI is InChI=1S/C67H44N8/c1-3-11-50(12-4-1)73-59-17-9-7-15-53(59)55-39-46(21-27-61(55)73)48-23-29-63-57(41-48)58-42-49(47-22-28-62-56(40-47)54-16-8-10-18-60(54)74(62)51-13-5-2-6-14-51)24-30-64(58)75(63)52-25-19-43(20-26-52)65-70-66(44-31-35-68-36-32-44)72-67(71-65)45-33-37-69-38-34-45/h1-19,21-43H,20H2. The van der Waals surface area contributed by atoms with Crippen LogP contribution >= 0.6 is 0 Å². The molecular weight excluding hydrogens is 917 g/mol. The summed E-state index contributed by atoms with van der Waals surface area (Å²) in [5.74, 6) is 1.90. The molecule has 1 unspecified atom stereocenters. The Kier molecular flexibility index (Phi) is 9.84. The van der Waals surface area contributed by atoms with Crippen molar-refractivity contribution in [3.63, 3.8) is 0 Å². The van der Waals surface area contributed by atoms with Gasteiger partial charge in [-0.15, -0.1) is 0 Å². The SMILES string of the molecule is C1=CC(c2nc(-c3ccncc3)nc(-c3ccncc3)n2)CC=C1n1c2ccc(-c3ccc4c(c3)c3ccccc3n4-c3ccccc3)cc2c2cc(-c3ccc4c(c3)c3ccccc3n4-c3ccccc3)ccc21. The van der Waals surface area contributed by atoms with Crippen molar-refractivity contribution in [2.45, 2.75) is 12.3 Å². The number of hydrogen-bond acceptors (Lipinski definition) is 5. The van der Waals surface area contributed by atoms with Crippen molar-refractivity contribution in [1.29, 1.82) is 0 Å². The third kappa shape index (κ3) is 7.10. The van der Waals surface area contributed by atoms with Gasteiger partial charge in [-0.1, -0.05) is 109 Å². The van der Waals surface area contributed by atoms with Crippen LogP contribution in [0.15, 0.2) is 249 Å². The topological polar surface area (TPSA) is 79.2 Å². The molecule has 0 spiro atoms. The first-order valence-electron chi connectivity index (χ1n) is 25.4. The van der Waals surface area contributed by atoms with Gasteiger partial charge in [0.1, 0.15) is 5.82 Å². The molecule has 0 saturated heterocycles. The maximum atomic E-state index is 5.07. The van der Waals surface area contributed by atoms with Crippen LogP contribution in [0.25, 0.3) is 128 Å². The van der Waals surface area contributed by atoms with Crippen molar-refractivity contribution >= 4 is 71.1 Å². The van der Waals surface area contributed by atoms with E-state index >= 15 is 0 Å². The Hall–Kier alpha value is -10.1. The first kappa shape index (κ1) is 42.6. The molecule has 6 aromatic heterocycles. The molecule has 0 saturated carbocycles. The molecule has 352 valence electrons. The highest BCUT2D eigenvalue weighted by molar-refractivity contribution is 6.15. The largest absolute Gasteiger partial charge is 0.310 e. The highest BCUT2D eigenvalue weighted by Gasteiger charge is 2.23. The molecule has 0 N–H and O–H groups in total. The average Bonchev–Trinajstić information content (AvgIpc) is 4.13. The number of rotatable bonds is 8. The molecule has 8 heteroatoms. The first-order chi connectivity index (χ1) is 37.2. The van der Waals surface area contributed by atoms with Gasteiger partial charge in [0.05, 0.1) is 33.1 Å². The zero-order chi connectivity index (χ0) is 49.4. The minimum atomic E-state index is -0.0604. The van der Waals surface area contributed by atoms with E-state index in [9.17, 15) is 0 Å². The van der Waals surface area contributed by atoms with Crippen LogP contribution in [0.1, 0.15) is 18.2 Å². The van der Waals surface area contributed by atoms with E-state index < -0.39 is 0 Å². The van der Waals surface area contributed by atoms with E-state index in [0.717, 1.165) is 45.1 Å². The van der Waals surface area contributed by atoms with Crippen molar-refractivity contribution in [2.75, 3.05) is 0 Å². The summed E-state index contributed by atoms with van der Waals surface area (Å²) < 4.78 is 7.18. The summed E-state index contributed by atoms with van der Waals surface area (Å²) in [5.41, 5.74) is 16.9. The molecule has 8 aromatic carbocycles. The summed E-state index contributed by atoms with van der Waals surface area (Å²) in [6.45, 7) is 0. The predicted molar refractivity (Wildman–Crippen MR) is 306 cm³/mol. The van der Waals surface area contributed by atoms with Crippen molar-refractivity contribution < 1.29 is 0 Å². The molecule has 1 aliphatic carbocycles. The summed E-state index contributed by atoms with van der Waals surface area (Å²) in [6.07, 6.45) is 14.6. The summed E-state index contributed by atoms with van der Waals surface area (Å²) in [6, 6.07) is 74.4. The van der Waals surface area contributed by atoms with Crippen LogP contribution in [0, 0.1) is 0 Å². The molecule has 0 amide bonds. The van der Waals surface area contributed by atoms with Crippen LogP contribution < -0.4 is 0 Å². The Morgan fingerprint density at radius 1 is 0.333 bits per heavy atom. The second kappa shape index (κ2) is 17.3. The summed E-state index contributed by atoms with van der Waals surface area (Å²) in [7, 11) is 0. The molecule has 0 fully saturated rings. The highest BCUT2D eigenvalue weighted by Crippen LogP contribution is 2.42. The van der Waals surface area contributed by atoms with E-state index in [1.54, 1.807) is 24.8 Å². The van der Waals surface area contributed by atoms with Crippen LogP contribution in [0.4, 0.5) is 0 Å². The smallest absolute Gasteiger partial charge is 0.163 e. The fraction of sp³-hybridized carbons (Fsp3) is 0.0299. The van der Waals surface area contributed by atoms with Crippen LogP contribution in [-0.2, 0) is 0 Å². The lowest BCUT2D eigenvalue weighted by Crippen LogP contribution is -2.09. The number of para-hydroxylation sites is 4. The minimum absolute atomic E-state index is 0.0604. The zero-order valence-corrected chi connectivity index (χ0v) is 40.5. The third-order valence-electron chi connectivity index (χ3n) is 15.0. The number of aromatic nitrogens is 8. The van der Waals surface area contributed by atoms with Gasteiger partial charge in [-0.2, -0.15) is 0 Å². The maximum absolute atomic E-state index is 5.07. The van der Waals surface area contributed by atoms with Gasteiger partial charge in [0.15, 0.2) is 11.6 Å². The van der Waals surface area contributed by atoms with Crippen LogP contribution in [0.2, 0.25) is 0 Å². The second-order valence-corrected chi connectivity index (χ2v) is 19.3. The van der Waals surface area contributed by atoms with Crippen molar-refractivity contribution in [1.82, 2.24) is 38.6 Å². The Morgan fingerprint density at radius 3 is 1.15 bits per heavy atom. The number of benzene rings is 8. The lowest BCUT2D eigenvalue weighted by Gasteiger charge is -2.18. The first-order valence-corrected chi connectivity index (χ1v) is 25.4. The van der Waals surface area contributed by atoms with Crippen molar-refractivity contribution in [3.05, 3.63) is 255 Å². The number of hydrogen-bond donors (Lipinski definition) is 0. The molecule has 8 nitrogen and oxygen atoms in total. The molecule has 15 rings (SSSR count). The van der Waals surface area contributed by atoms with E-state index in [1.807, 2.05) is 24.3 Å². The van der Waals surface area contributed by atoms with Crippen LogP contribution in [0.3, 0.4) is 0 Å². The molecule has 0 radical (unpaired) electrons. The fourth-order valence-corrected chi connectivity index (χ4v) is 11.5. The molecule has 14 aromatic rings. The summed E-state index contributed by atoms with van der Waals surface area (Å²) >= 11 is 0. The van der Waals surface area contributed by atoms with Crippen molar-refractivity contribution in [2.24, 2.45) is 0 Å². The average molecular weight is 961 g/mol. The van der Waals surface area contributed by atoms with Gasteiger partial charge in [0, 0.05) is 91.2 Å². The number of allylic oxidation sites excluding steroid dienone is 4. The maximum Gasteiger partial charge on any atom is 0.163 e. The Balaban J connectivity index is 0.875. The van der Waals surface area contributed by atoms with E-state index in [4.69, 9.17) is 15.0 Å². The van der Waals surface area contributed by atoms with E-state index in [0.29, 0.717) is 18.1 Å². The van der Waals surface area contributed by atoms with E-state index in [1.165, 1.54) is 76.6 Å². The lowest BCUT2D eigenvalue weighted by atomic mass is 9.98. The van der Waals surface area contributed by atoms with Gasteiger partial charge in [0.25, 0.3) is 0 Å². The number of nitrogens with zero attached hydrogens (tertiary/aromatic N) is 8. The quantitative estimate of drug-likeness (QED) is 0.152. The van der Waals surface area contributed by atoms with Gasteiger partial charge in [0.2, 0.25) is 0 Å². The minimum Gasteiger partial charge on any atom is -0.310 e. The third-order valence-corrected chi connectivity index (χ3v) is 15.0. The molecule has 0 aliphatic heterocycles. The Labute approximate surface area is 431 Å². The summed E-state index contributed by atoms with van der Waals surface area (Å²) in [5, 5.41) is 7.31. The summed E-state index contributed by atoms with van der Waals surface area (Å²) in [4.78, 5) is 23.5. The van der Waals surface area contributed by atoms with Gasteiger partial charge in [-0.3, -0.25) is 9.97 Å². The molecule has 1 atom stereocenters. The van der Waals surface area contributed by atoms with Gasteiger partial charge in [-0.25, -0.2) is 15.0 Å². The monoisotopic (exact) mass is 960 g/mol. The second-order valence-electron chi connectivity index (χ2n) is 19.3. The van der Waals surface area contributed by atoms with E-state index in [2.05, 4.69) is 224 Å². The van der Waals surface area contributed by atoms with Crippen LogP contribution in [0.5, 0.6) is 0 Å². The van der Waals surface area contributed by atoms with E-state index in [-0.39, 0.29) is 5.92 Å². The van der Waals surface area contributed by atoms with Crippen molar-refractivity contribution in [3.8, 4) is 56.4 Å². The highest BCUT2D eigenvalue weighted by atomic mass is 15.0.